The van der Waals surface area contributed by atoms with Gasteiger partial charge < -0.3 is 5.11 Å². The van der Waals surface area contributed by atoms with Crippen molar-refractivity contribution in [2.75, 3.05) is 0 Å². The SMILES string of the molecule is CCCCCC(=O)c1cc(S(=O)(=O)O)cc([N+](=O)[O-])c1O. The van der Waals surface area contributed by atoms with Crippen molar-refractivity contribution in [3.63, 3.8) is 0 Å². The summed E-state index contributed by atoms with van der Waals surface area (Å²) in [6.45, 7) is 1.92. The lowest BCUT2D eigenvalue weighted by Gasteiger charge is -2.06. The molecule has 1 aromatic carbocycles. The predicted molar refractivity (Wildman–Crippen MR) is 73.0 cm³/mol. The Balaban J connectivity index is 3.33. The molecule has 1 aromatic rings. The topological polar surface area (TPSA) is 135 Å². The van der Waals surface area contributed by atoms with Gasteiger partial charge in [-0.05, 0) is 12.5 Å². The average Bonchev–Trinajstić information content (AvgIpc) is 2.37. The highest BCUT2D eigenvalue weighted by Gasteiger charge is 2.26. The highest BCUT2D eigenvalue weighted by molar-refractivity contribution is 7.85. The van der Waals surface area contributed by atoms with Gasteiger partial charge in [0.05, 0.1) is 10.5 Å². The number of hydrogen-bond donors (Lipinski definition) is 2. The zero-order chi connectivity index (χ0) is 16.2. The van der Waals surface area contributed by atoms with Crippen LogP contribution in [0.2, 0.25) is 0 Å². The van der Waals surface area contributed by atoms with Crippen molar-refractivity contribution in [2.45, 2.75) is 37.5 Å². The summed E-state index contributed by atoms with van der Waals surface area (Å²) in [5, 5.41) is 20.5. The molecular formula is C12H15NO7S. The quantitative estimate of drug-likeness (QED) is 0.259. The van der Waals surface area contributed by atoms with E-state index in [1.807, 2.05) is 6.92 Å². The van der Waals surface area contributed by atoms with Gasteiger partial charge in [0.25, 0.3) is 10.1 Å². The number of hydrogen-bond acceptors (Lipinski definition) is 6. The zero-order valence-electron chi connectivity index (χ0n) is 11.3. The zero-order valence-corrected chi connectivity index (χ0v) is 12.1. The second-order valence-electron chi connectivity index (χ2n) is 4.45. The van der Waals surface area contributed by atoms with Crippen LogP contribution in [-0.4, -0.2) is 28.8 Å². The third-order valence-electron chi connectivity index (χ3n) is 2.87. The van der Waals surface area contributed by atoms with Gasteiger partial charge in [0.1, 0.15) is 4.90 Å². The molecule has 0 unspecified atom stereocenters. The van der Waals surface area contributed by atoms with Gasteiger partial charge in [-0.3, -0.25) is 19.5 Å². The number of nitrogens with zero attached hydrogens (tertiary/aromatic N) is 1. The number of phenolic OH excluding ortho intramolecular Hbond substituents is 1. The molecule has 0 bridgehead atoms. The van der Waals surface area contributed by atoms with Crippen LogP contribution >= 0.6 is 0 Å². The second kappa shape index (κ2) is 6.64. The normalized spacial score (nSPS) is 11.3. The fourth-order valence-electron chi connectivity index (χ4n) is 1.76. The van der Waals surface area contributed by atoms with Crippen molar-refractivity contribution in [1.82, 2.24) is 0 Å². The van der Waals surface area contributed by atoms with Crippen molar-refractivity contribution in [2.24, 2.45) is 0 Å². The van der Waals surface area contributed by atoms with Gasteiger partial charge in [0.2, 0.25) is 5.75 Å². The van der Waals surface area contributed by atoms with Crippen molar-refractivity contribution in [1.29, 1.82) is 0 Å². The minimum absolute atomic E-state index is 0.0213. The third kappa shape index (κ3) is 4.23. The van der Waals surface area contributed by atoms with Gasteiger partial charge in [-0.2, -0.15) is 8.42 Å². The summed E-state index contributed by atoms with van der Waals surface area (Å²) in [6.07, 6.45) is 2.14. The average molecular weight is 317 g/mol. The van der Waals surface area contributed by atoms with Gasteiger partial charge in [0.15, 0.2) is 5.78 Å². The standard InChI is InChI=1S/C12H15NO7S/c1-2-3-4-5-11(14)9-6-8(21(18,19)20)7-10(12(9)15)13(16)17/h6-7,15H,2-5H2,1H3,(H,18,19,20). The number of phenols is 1. The molecule has 8 nitrogen and oxygen atoms in total. The van der Waals surface area contributed by atoms with E-state index in [1.165, 1.54) is 0 Å². The molecule has 0 saturated carbocycles. The maximum Gasteiger partial charge on any atom is 0.312 e. The van der Waals surface area contributed by atoms with Gasteiger partial charge >= 0.3 is 5.69 Å². The molecule has 116 valence electrons. The predicted octanol–water partition coefficient (Wildman–Crippen LogP) is 2.31. The molecule has 0 fully saturated rings. The first-order valence-electron chi connectivity index (χ1n) is 6.20. The molecule has 0 aromatic heterocycles. The van der Waals surface area contributed by atoms with Crippen molar-refractivity contribution >= 4 is 21.6 Å². The fourth-order valence-corrected chi connectivity index (χ4v) is 2.29. The first-order valence-corrected chi connectivity index (χ1v) is 7.64. The first-order chi connectivity index (χ1) is 9.68. The van der Waals surface area contributed by atoms with Crippen LogP contribution in [0.5, 0.6) is 5.75 Å². The Kier molecular flexibility index (Phi) is 5.39. The molecule has 0 amide bonds. The van der Waals surface area contributed by atoms with E-state index in [-0.39, 0.29) is 6.42 Å². The van der Waals surface area contributed by atoms with E-state index in [0.717, 1.165) is 18.9 Å². The maximum absolute atomic E-state index is 11.9. The number of aromatic hydroxyl groups is 1. The molecule has 0 spiro atoms. The largest absolute Gasteiger partial charge is 0.502 e. The molecule has 0 aliphatic heterocycles. The highest BCUT2D eigenvalue weighted by Crippen LogP contribution is 2.33. The maximum atomic E-state index is 11.9. The molecular weight excluding hydrogens is 302 g/mol. The van der Waals surface area contributed by atoms with Crippen LogP contribution in [0, 0.1) is 10.1 Å². The first kappa shape index (κ1) is 17.1. The van der Waals surface area contributed by atoms with Gasteiger partial charge in [-0.25, -0.2) is 0 Å². The third-order valence-corrected chi connectivity index (χ3v) is 3.70. The van der Waals surface area contributed by atoms with Crippen LogP contribution in [-0.2, 0) is 10.1 Å². The van der Waals surface area contributed by atoms with Crippen LogP contribution in [0.1, 0.15) is 43.0 Å². The minimum atomic E-state index is -4.72. The minimum Gasteiger partial charge on any atom is -0.502 e. The number of nitro benzene ring substituents is 1. The number of benzene rings is 1. The summed E-state index contributed by atoms with van der Waals surface area (Å²) >= 11 is 0. The number of nitro groups is 1. The number of carbonyl (C=O) groups is 1. The number of ketones is 1. The highest BCUT2D eigenvalue weighted by atomic mass is 32.2. The number of unbranched alkanes of at least 4 members (excludes halogenated alkanes) is 2. The summed E-state index contributed by atoms with van der Waals surface area (Å²) in [4.78, 5) is 20.9. The smallest absolute Gasteiger partial charge is 0.312 e. The Labute approximate surface area is 121 Å². The molecule has 0 radical (unpaired) electrons. The Hall–Kier alpha value is -2.00. The van der Waals surface area contributed by atoms with Gasteiger partial charge in [-0.15, -0.1) is 0 Å². The lowest BCUT2D eigenvalue weighted by Crippen LogP contribution is -2.06. The molecule has 0 aliphatic carbocycles. The van der Waals surface area contributed by atoms with E-state index in [1.54, 1.807) is 0 Å². The van der Waals surface area contributed by atoms with E-state index < -0.39 is 42.7 Å². The number of rotatable bonds is 7. The summed E-state index contributed by atoms with van der Waals surface area (Å²) in [5.41, 5.74) is -1.42. The Morgan fingerprint density at radius 3 is 2.43 bits per heavy atom. The van der Waals surface area contributed by atoms with Gasteiger partial charge in [0, 0.05) is 12.5 Å². The van der Waals surface area contributed by atoms with E-state index >= 15 is 0 Å². The summed E-state index contributed by atoms with van der Waals surface area (Å²) in [7, 11) is -4.72. The van der Waals surface area contributed by atoms with Crippen molar-refractivity contribution in [3.05, 3.63) is 27.8 Å². The van der Waals surface area contributed by atoms with Crippen LogP contribution < -0.4 is 0 Å². The summed E-state index contributed by atoms with van der Waals surface area (Å²) < 4.78 is 31.2. The lowest BCUT2D eigenvalue weighted by molar-refractivity contribution is -0.386. The van der Waals surface area contributed by atoms with Crippen LogP contribution in [0.4, 0.5) is 5.69 Å². The summed E-state index contributed by atoms with van der Waals surface area (Å²) in [6, 6.07) is 1.25. The van der Waals surface area contributed by atoms with E-state index in [2.05, 4.69) is 0 Å². The molecule has 0 aliphatic rings. The Bertz CT molecular complexity index is 666. The number of Topliss-reactive ketones (excluding diaryl/α,β-unsaturated/α-hetero) is 1. The number of carbonyl (C=O) groups excluding carboxylic acids is 1. The molecule has 1 rings (SSSR count). The van der Waals surface area contributed by atoms with Crippen LogP contribution in [0.3, 0.4) is 0 Å². The molecule has 2 N–H and O–H groups in total. The van der Waals surface area contributed by atoms with Crippen molar-refractivity contribution < 1.29 is 27.8 Å². The van der Waals surface area contributed by atoms with Crippen molar-refractivity contribution in [3.8, 4) is 5.75 Å². The fraction of sp³-hybridized carbons (Fsp3) is 0.417. The van der Waals surface area contributed by atoms with Crippen LogP contribution in [0.25, 0.3) is 0 Å². The molecule has 0 atom stereocenters. The van der Waals surface area contributed by atoms with E-state index in [9.17, 15) is 28.4 Å². The van der Waals surface area contributed by atoms with E-state index in [0.29, 0.717) is 12.5 Å². The lowest BCUT2D eigenvalue weighted by atomic mass is 10.0. The monoisotopic (exact) mass is 317 g/mol. The van der Waals surface area contributed by atoms with E-state index in [4.69, 9.17) is 4.55 Å². The Morgan fingerprint density at radius 1 is 1.33 bits per heavy atom. The van der Waals surface area contributed by atoms with Crippen LogP contribution in [0.15, 0.2) is 17.0 Å². The molecule has 0 heterocycles. The summed E-state index contributed by atoms with van der Waals surface area (Å²) in [5.74, 6) is -1.51. The molecule has 21 heavy (non-hydrogen) atoms. The Morgan fingerprint density at radius 2 is 1.95 bits per heavy atom. The van der Waals surface area contributed by atoms with Gasteiger partial charge in [-0.1, -0.05) is 19.8 Å². The molecule has 9 heteroatoms. The molecule has 0 saturated heterocycles. The second-order valence-corrected chi connectivity index (χ2v) is 5.87.